The van der Waals surface area contributed by atoms with E-state index < -0.39 is 6.17 Å². The van der Waals surface area contributed by atoms with Crippen LogP contribution in [-0.2, 0) is 11.3 Å². The van der Waals surface area contributed by atoms with Gasteiger partial charge in [0.2, 0.25) is 0 Å². The minimum Gasteiger partial charge on any atom is -0.373 e. The van der Waals surface area contributed by atoms with Gasteiger partial charge < -0.3 is 10.1 Å². The van der Waals surface area contributed by atoms with Crippen LogP contribution in [0.3, 0.4) is 0 Å². The number of rotatable bonds is 4. The standard InChI is InChI=1S/C13H17FN4O/c14-11-6-13(12(17-18-15)8-16-7-11)19-9-10-4-2-1-3-5-10/h1-5,11-13,16H,6-9H2/p+1/t11-,12-,13-/m1/s1. The van der Waals surface area contributed by atoms with E-state index in [4.69, 9.17) is 10.3 Å². The second-order valence-corrected chi connectivity index (χ2v) is 4.70. The summed E-state index contributed by atoms with van der Waals surface area (Å²) >= 11 is 0. The minimum absolute atomic E-state index is 0.285. The summed E-state index contributed by atoms with van der Waals surface area (Å²) < 4.78 is 19.3. The SMILES string of the molecule is [N-]=[N+]=N[C@@H]1C[NH2+]C[C@H](F)C[C@H]1OCc1ccccc1. The van der Waals surface area contributed by atoms with Gasteiger partial charge in [-0.2, -0.15) is 0 Å². The summed E-state index contributed by atoms with van der Waals surface area (Å²) in [6, 6.07) is 9.40. The van der Waals surface area contributed by atoms with Crippen LogP contribution in [-0.4, -0.2) is 31.4 Å². The van der Waals surface area contributed by atoms with E-state index in [1.807, 2.05) is 35.6 Å². The van der Waals surface area contributed by atoms with Crippen LogP contribution in [0, 0.1) is 0 Å². The molecule has 0 aromatic heterocycles. The molecule has 1 aromatic carbocycles. The first-order valence-corrected chi connectivity index (χ1v) is 6.45. The Hall–Kier alpha value is -1.62. The van der Waals surface area contributed by atoms with Crippen LogP contribution >= 0.6 is 0 Å². The Balaban J connectivity index is 1.99. The quantitative estimate of drug-likeness (QED) is 0.500. The fourth-order valence-electron chi connectivity index (χ4n) is 2.25. The summed E-state index contributed by atoms with van der Waals surface area (Å²) in [5, 5.41) is 5.57. The molecule has 3 atom stereocenters. The fourth-order valence-corrected chi connectivity index (χ4v) is 2.25. The maximum Gasteiger partial charge on any atom is 0.151 e. The first kappa shape index (κ1) is 13.8. The van der Waals surface area contributed by atoms with Crippen LogP contribution in [0.4, 0.5) is 4.39 Å². The lowest BCUT2D eigenvalue weighted by Gasteiger charge is -2.20. The number of hydrogen-bond donors (Lipinski definition) is 1. The Morgan fingerprint density at radius 2 is 2.16 bits per heavy atom. The lowest BCUT2D eigenvalue weighted by molar-refractivity contribution is -0.658. The molecule has 0 saturated carbocycles. The van der Waals surface area contributed by atoms with E-state index in [2.05, 4.69) is 10.0 Å². The number of nitrogens with two attached hydrogens (primary N) is 1. The molecule has 2 rings (SSSR count). The Kier molecular flexibility index (Phi) is 5.15. The van der Waals surface area contributed by atoms with Crippen molar-refractivity contribution in [2.24, 2.45) is 5.11 Å². The topological polar surface area (TPSA) is 74.6 Å². The third-order valence-electron chi connectivity index (χ3n) is 3.25. The molecule has 0 spiro atoms. The molecular formula is C13H18FN4O+. The van der Waals surface area contributed by atoms with E-state index in [0.29, 0.717) is 19.7 Å². The van der Waals surface area contributed by atoms with Gasteiger partial charge in [-0.25, -0.2) is 4.39 Å². The third kappa shape index (κ3) is 4.21. The molecule has 0 radical (unpaired) electrons. The van der Waals surface area contributed by atoms with E-state index in [9.17, 15) is 4.39 Å². The second kappa shape index (κ2) is 7.09. The summed E-state index contributed by atoms with van der Waals surface area (Å²) in [4.78, 5) is 2.83. The molecule has 0 aliphatic carbocycles. The molecule has 1 aliphatic rings. The molecule has 0 unspecified atom stereocenters. The summed E-state index contributed by atoms with van der Waals surface area (Å²) in [7, 11) is 0. The van der Waals surface area contributed by atoms with E-state index in [1.165, 1.54) is 0 Å². The highest BCUT2D eigenvalue weighted by molar-refractivity contribution is 5.13. The predicted molar refractivity (Wildman–Crippen MR) is 69.1 cm³/mol. The molecule has 1 aromatic rings. The summed E-state index contributed by atoms with van der Waals surface area (Å²) in [6.07, 6.45) is -0.989. The zero-order valence-electron chi connectivity index (χ0n) is 10.7. The van der Waals surface area contributed by atoms with E-state index in [0.717, 1.165) is 5.56 Å². The number of halogens is 1. The minimum atomic E-state index is -0.917. The van der Waals surface area contributed by atoms with Crippen LogP contribution in [0.2, 0.25) is 0 Å². The van der Waals surface area contributed by atoms with Crippen molar-refractivity contribution < 1.29 is 14.4 Å². The van der Waals surface area contributed by atoms with Gasteiger partial charge in [0.25, 0.3) is 0 Å². The van der Waals surface area contributed by atoms with Gasteiger partial charge >= 0.3 is 0 Å². The molecule has 1 heterocycles. The number of azide groups is 1. The predicted octanol–water partition coefficient (Wildman–Crippen LogP) is 1.56. The number of nitrogens with zero attached hydrogens (tertiary/aromatic N) is 3. The zero-order chi connectivity index (χ0) is 13.5. The number of quaternary nitrogens is 1. The van der Waals surface area contributed by atoms with Crippen molar-refractivity contribution in [1.82, 2.24) is 0 Å². The first-order valence-electron chi connectivity index (χ1n) is 6.45. The molecule has 19 heavy (non-hydrogen) atoms. The molecular weight excluding hydrogens is 247 g/mol. The molecule has 5 nitrogen and oxygen atoms in total. The van der Waals surface area contributed by atoms with Crippen molar-refractivity contribution in [1.29, 1.82) is 0 Å². The van der Waals surface area contributed by atoms with Gasteiger partial charge in [0.05, 0.1) is 19.3 Å². The van der Waals surface area contributed by atoms with Crippen molar-refractivity contribution >= 4 is 0 Å². The normalized spacial score (nSPS) is 27.3. The third-order valence-corrected chi connectivity index (χ3v) is 3.25. The van der Waals surface area contributed by atoms with Crippen LogP contribution in [0.5, 0.6) is 0 Å². The zero-order valence-corrected chi connectivity index (χ0v) is 10.7. The lowest BCUT2D eigenvalue weighted by atomic mass is 10.1. The summed E-state index contributed by atoms with van der Waals surface area (Å²) in [6.45, 7) is 1.39. The van der Waals surface area contributed by atoms with Crippen molar-refractivity contribution in [3.63, 3.8) is 0 Å². The fraction of sp³-hybridized carbons (Fsp3) is 0.538. The molecule has 1 fully saturated rings. The van der Waals surface area contributed by atoms with Gasteiger partial charge in [0.1, 0.15) is 12.6 Å². The van der Waals surface area contributed by atoms with Crippen LogP contribution in [0.15, 0.2) is 35.4 Å². The Bertz CT molecular complexity index is 436. The van der Waals surface area contributed by atoms with Crippen molar-refractivity contribution in [2.75, 3.05) is 13.1 Å². The smallest absolute Gasteiger partial charge is 0.151 e. The average Bonchev–Trinajstić information content (AvgIpc) is 2.60. The molecule has 2 N–H and O–H groups in total. The van der Waals surface area contributed by atoms with E-state index in [1.54, 1.807) is 0 Å². The van der Waals surface area contributed by atoms with Crippen LogP contribution < -0.4 is 5.32 Å². The summed E-state index contributed by atoms with van der Waals surface area (Å²) in [5.41, 5.74) is 9.61. The highest BCUT2D eigenvalue weighted by Crippen LogP contribution is 2.16. The van der Waals surface area contributed by atoms with E-state index >= 15 is 0 Å². The van der Waals surface area contributed by atoms with Gasteiger partial charge in [-0.15, -0.1) is 0 Å². The largest absolute Gasteiger partial charge is 0.373 e. The molecule has 1 saturated heterocycles. The molecule has 102 valence electrons. The summed E-state index contributed by atoms with van der Waals surface area (Å²) in [5.74, 6) is 0. The monoisotopic (exact) mass is 265 g/mol. The van der Waals surface area contributed by atoms with Gasteiger partial charge in [0.15, 0.2) is 6.17 Å². The highest BCUT2D eigenvalue weighted by atomic mass is 19.1. The second-order valence-electron chi connectivity index (χ2n) is 4.70. The van der Waals surface area contributed by atoms with Gasteiger partial charge in [-0.3, -0.25) is 0 Å². The lowest BCUT2D eigenvalue weighted by Crippen LogP contribution is -2.87. The molecule has 1 aliphatic heterocycles. The molecule has 0 amide bonds. The number of ether oxygens (including phenoxy) is 1. The van der Waals surface area contributed by atoms with Gasteiger partial charge in [-0.05, 0) is 11.1 Å². The highest BCUT2D eigenvalue weighted by Gasteiger charge is 2.30. The Morgan fingerprint density at radius 1 is 1.37 bits per heavy atom. The molecule has 6 heteroatoms. The van der Waals surface area contributed by atoms with Crippen LogP contribution in [0.25, 0.3) is 10.4 Å². The Labute approximate surface area is 111 Å². The molecule has 0 bridgehead atoms. The number of benzene rings is 1. The van der Waals surface area contributed by atoms with Crippen molar-refractivity contribution in [3.8, 4) is 0 Å². The van der Waals surface area contributed by atoms with Crippen molar-refractivity contribution in [2.45, 2.75) is 31.3 Å². The average molecular weight is 265 g/mol. The number of alkyl halides is 1. The number of hydrogen-bond acceptors (Lipinski definition) is 2. The van der Waals surface area contributed by atoms with Crippen LogP contribution in [0.1, 0.15) is 12.0 Å². The van der Waals surface area contributed by atoms with E-state index in [-0.39, 0.29) is 18.6 Å². The maximum atomic E-state index is 13.6. The van der Waals surface area contributed by atoms with Gasteiger partial charge in [0, 0.05) is 11.3 Å². The van der Waals surface area contributed by atoms with Gasteiger partial charge in [-0.1, -0.05) is 35.4 Å². The first-order chi connectivity index (χ1) is 9.29. The Morgan fingerprint density at radius 3 is 2.89 bits per heavy atom. The maximum absolute atomic E-state index is 13.6. The van der Waals surface area contributed by atoms with Crippen molar-refractivity contribution in [3.05, 3.63) is 46.3 Å².